The summed E-state index contributed by atoms with van der Waals surface area (Å²) in [5, 5.41) is 16.2. The second kappa shape index (κ2) is 10.9. The molecule has 1 amide bonds. The number of aromatic nitrogens is 2. The molecule has 1 fully saturated rings. The van der Waals surface area contributed by atoms with Gasteiger partial charge in [0.1, 0.15) is 0 Å². The third-order valence-corrected chi connectivity index (χ3v) is 8.25. The van der Waals surface area contributed by atoms with Crippen molar-refractivity contribution in [2.24, 2.45) is 0 Å². The first-order chi connectivity index (χ1) is 18.7. The monoisotopic (exact) mass is 580 g/mol. The maximum absolute atomic E-state index is 12.7. The van der Waals surface area contributed by atoms with Crippen LogP contribution < -0.4 is 5.32 Å². The van der Waals surface area contributed by atoms with E-state index in [-0.39, 0.29) is 12.3 Å². The second-order valence-electron chi connectivity index (χ2n) is 9.39. The van der Waals surface area contributed by atoms with E-state index < -0.39 is 21.7 Å². The van der Waals surface area contributed by atoms with Crippen molar-refractivity contribution in [3.63, 3.8) is 0 Å². The lowest BCUT2D eigenvalue weighted by Crippen LogP contribution is -2.16. The first kappa shape index (κ1) is 27.0. The van der Waals surface area contributed by atoms with Gasteiger partial charge in [-0.1, -0.05) is 52.6 Å². The maximum atomic E-state index is 12.7. The Morgan fingerprint density at radius 3 is 2.36 bits per heavy atom. The number of halogens is 2. The second-order valence-corrected chi connectivity index (χ2v) is 11.5. The van der Waals surface area contributed by atoms with Crippen LogP contribution >= 0.6 is 23.2 Å². The summed E-state index contributed by atoms with van der Waals surface area (Å²) in [7, 11) is 0. The van der Waals surface area contributed by atoms with E-state index in [4.69, 9.17) is 33.0 Å². The number of amides is 1. The number of nitriles is 1. The molecule has 1 aromatic heterocycles. The Hall–Kier alpha value is -3.55. The van der Waals surface area contributed by atoms with E-state index in [1.165, 1.54) is 0 Å². The van der Waals surface area contributed by atoms with Crippen LogP contribution in [0.25, 0.3) is 11.4 Å². The predicted octanol–water partition coefficient (Wildman–Crippen LogP) is 6.46. The van der Waals surface area contributed by atoms with Crippen LogP contribution in [0.15, 0.2) is 65.2 Å². The first-order valence-corrected chi connectivity index (χ1v) is 14.0. The fraction of sp³-hybridized carbons (Fsp3) is 0.214. The topological polar surface area (TPSA) is 129 Å². The van der Waals surface area contributed by atoms with Crippen LogP contribution in [0.1, 0.15) is 53.2 Å². The Balaban J connectivity index is 1.31. The Labute approximate surface area is 237 Å². The lowest BCUT2D eigenvalue weighted by molar-refractivity contribution is -0.115. The van der Waals surface area contributed by atoms with Crippen LogP contribution in [0, 0.1) is 11.3 Å². The molecule has 5 rings (SSSR count). The third kappa shape index (κ3) is 5.60. The van der Waals surface area contributed by atoms with Gasteiger partial charge in [-0.25, -0.2) is 4.21 Å². The first-order valence-electron chi connectivity index (χ1n) is 12.0. The molecule has 0 radical (unpaired) electrons. The van der Waals surface area contributed by atoms with Crippen molar-refractivity contribution in [3.05, 3.63) is 98.9 Å². The van der Waals surface area contributed by atoms with Crippen LogP contribution in [0.2, 0.25) is 10.0 Å². The summed E-state index contributed by atoms with van der Waals surface area (Å²) < 4.78 is 26.2. The summed E-state index contributed by atoms with van der Waals surface area (Å²) in [4.78, 5) is 17.3. The minimum atomic E-state index is -1.96. The van der Waals surface area contributed by atoms with E-state index in [1.807, 2.05) is 0 Å². The van der Waals surface area contributed by atoms with Crippen LogP contribution in [0.4, 0.5) is 5.69 Å². The summed E-state index contributed by atoms with van der Waals surface area (Å²) in [6, 6.07) is 19.3. The largest absolute Gasteiger partial charge is 0.338 e. The number of nitrogens with one attached hydrogen (secondary N) is 1. The zero-order valence-electron chi connectivity index (χ0n) is 20.6. The molecule has 1 aliphatic carbocycles. The molecule has 0 saturated heterocycles. The Bertz CT molecular complexity index is 1590. The Morgan fingerprint density at radius 2 is 1.79 bits per heavy atom. The molecule has 2 unspecified atom stereocenters. The Morgan fingerprint density at radius 1 is 1.15 bits per heavy atom. The van der Waals surface area contributed by atoms with Crippen molar-refractivity contribution < 1.29 is 18.1 Å². The third-order valence-electron chi connectivity index (χ3n) is 6.78. The summed E-state index contributed by atoms with van der Waals surface area (Å²) in [6.45, 7) is 1.66. The van der Waals surface area contributed by atoms with Crippen molar-refractivity contribution in [2.45, 2.75) is 36.9 Å². The average Bonchev–Trinajstić information content (AvgIpc) is 3.54. The van der Waals surface area contributed by atoms with Crippen LogP contribution in [-0.2, 0) is 27.7 Å². The molecule has 198 valence electrons. The van der Waals surface area contributed by atoms with Gasteiger partial charge in [0, 0.05) is 26.9 Å². The molecule has 2 atom stereocenters. The Kier molecular flexibility index (Phi) is 7.56. The number of hydrogen-bond acceptors (Lipinski definition) is 6. The molecule has 3 aromatic carbocycles. The van der Waals surface area contributed by atoms with Gasteiger partial charge in [0.15, 0.2) is 11.1 Å². The van der Waals surface area contributed by atoms with E-state index in [1.54, 1.807) is 67.6 Å². The summed E-state index contributed by atoms with van der Waals surface area (Å²) in [5.41, 5.74) is 3.26. The molecule has 2 N–H and O–H groups in total. The highest BCUT2D eigenvalue weighted by Crippen LogP contribution is 2.57. The van der Waals surface area contributed by atoms with Gasteiger partial charge in [0.2, 0.25) is 17.6 Å². The normalized spacial score (nSPS) is 15.3. The van der Waals surface area contributed by atoms with Gasteiger partial charge in [0.25, 0.3) is 0 Å². The highest BCUT2D eigenvalue weighted by molar-refractivity contribution is 7.79. The standard InChI is InChI=1S/C28H22Cl2N4O4S/c1-16(39(36)37)19-6-2-17(3-7-19)12-24(35)32-21-13-22(29)25(23(30)14-21)28(10-11-28)27-33-26(34-38-27)20-8-4-18(15-31)5-9-20/h2-9,13-14,16H,10-12H2,1H3,(H,32,35)(H,36,37). The van der Waals surface area contributed by atoms with Crippen molar-refractivity contribution in [3.8, 4) is 17.5 Å². The number of anilines is 1. The quantitative estimate of drug-likeness (QED) is 0.229. The maximum Gasteiger partial charge on any atom is 0.237 e. The predicted molar refractivity (Wildman–Crippen MR) is 149 cm³/mol. The highest BCUT2D eigenvalue weighted by atomic mass is 35.5. The van der Waals surface area contributed by atoms with E-state index in [0.29, 0.717) is 44.1 Å². The SMILES string of the molecule is CC(c1ccc(CC(=O)Nc2cc(Cl)c(C3(c4nc(-c5ccc(C#N)cc5)no4)CC3)c(Cl)c2)cc1)S(=O)O. The van der Waals surface area contributed by atoms with Gasteiger partial charge in [-0.15, -0.1) is 0 Å². The lowest BCUT2D eigenvalue weighted by atomic mass is 9.95. The number of benzene rings is 3. The van der Waals surface area contributed by atoms with Crippen LogP contribution in [-0.4, -0.2) is 24.8 Å². The molecule has 4 aromatic rings. The summed E-state index contributed by atoms with van der Waals surface area (Å²) in [5.74, 6) is 0.556. The number of carbonyl (C=O) groups excluding carboxylic acids is 1. The van der Waals surface area contributed by atoms with Gasteiger partial charge in [-0.05, 0) is 67.3 Å². The molecule has 8 nitrogen and oxygen atoms in total. The molecule has 0 spiro atoms. The fourth-order valence-corrected chi connectivity index (χ4v) is 5.68. The highest BCUT2D eigenvalue weighted by Gasteiger charge is 2.53. The van der Waals surface area contributed by atoms with Crippen LogP contribution in [0.5, 0.6) is 0 Å². The van der Waals surface area contributed by atoms with Crippen LogP contribution in [0.3, 0.4) is 0 Å². The molecule has 1 saturated carbocycles. The smallest absolute Gasteiger partial charge is 0.237 e. The van der Waals surface area contributed by atoms with E-state index in [9.17, 15) is 13.6 Å². The lowest BCUT2D eigenvalue weighted by Gasteiger charge is -2.17. The van der Waals surface area contributed by atoms with Gasteiger partial charge < -0.3 is 14.4 Å². The molecular formula is C28H22Cl2N4O4S. The molecule has 0 bridgehead atoms. The van der Waals surface area contributed by atoms with Crippen molar-refractivity contribution in [2.75, 3.05) is 5.32 Å². The van der Waals surface area contributed by atoms with Crippen molar-refractivity contribution in [1.29, 1.82) is 5.26 Å². The van der Waals surface area contributed by atoms with E-state index >= 15 is 0 Å². The summed E-state index contributed by atoms with van der Waals surface area (Å²) in [6.07, 6.45) is 1.56. The average molecular weight is 581 g/mol. The molecular weight excluding hydrogens is 559 g/mol. The fourth-order valence-electron chi connectivity index (χ4n) is 4.44. The van der Waals surface area contributed by atoms with Gasteiger partial charge in [0.05, 0.1) is 28.7 Å². The van der Waals surface area contributed by atoms with Gasteiger partial charge >= 0.3 is 0 Å². The zero-order chi connectivity index (χ0) is 27.7. The van der Waals surface area contributed by atoms with Crippen molar-refractivity contribution >= 4 is 45.9 Å². The summed E-state index contributed by atoms with van der Waals surface area (Å²) >= 11 is 11.4. The van der Waals surface area contributed by atoms with Crippen molar-refractivity contribution in [1.82, 2.24) is 10.1 Å². The zero-order valence-corrected chi connectivity index (χ0v) is 23.0. The molecule has 1 heterocycles. The van der Waals surface area contributed by atoms with E-state index in [2.05, 4.69) is 21.5 Å². The number of hydrogen-bond donors (Lipinski definition) is 2. The minimum Gasteiger partial charge on any atom is -0.338 e. The minimum absolute atomic E-state index is 0.109. The molecule has 39 heavy (non-hydrogen) atoms. The number of nitrogens with zero attached hydrogens (tertiary/aromatic N) is 3. The molecule has 1 aliphatic rings. The molecule has 11 heteroatoms. The number of rotatable bonds is 8. The molecule has 0 aliphatic heterocycles. The van der Waals surface area contributed by atoms with E-state index in [0.717, 1.165) is 24.0 Å². The van der Waals surface area contributed by atoms with Gasteiger partial charge in [-0.2, -0.15) is 10.2 Å². The number of carbonyl (C=O) groups is 1. The van der Waals surface area contributed by atoms with Gasteiger partial charge in [-0.3, -0.25) is 4.79 Å².